The first-order valence-corrected chi connectivity index (χ1v) is 8.04. The summed E-state index contributed by atoms with van der Waals surface area (Å²) >= 11 is 0. The van der Waals surface area contributed by atoms with Crippen LogP contribution in [0, 0.1) is 0 Å². The third-order valence-electron chi connectivity index (χ3n) is 3.50. The van der Waals surface area contributed by atoms with Crippen LogP contribution in [0.4, 0.5) is 10.5 Å². The molecule has 0 spiro atoms. The van der Waals surface area contributed by atoms with Gasteiger partial charge in [-0.2, -0.15) is 0 Å². The molecule has 2 rings (SSSR count). The number of anilines is 1. The van der Waals surface area contributed by atoms with Crippen LogP contribution in [0.15, 0.2) is 54.6 Å². The lowest BCUT2D eigenvalue weighted by molar-refractivity contribution is -0.142. The number of rotatable bonds is 7. The average molecular weight is 342 g/mol. The van der Waals surface area contributed by atoms with Crippen molar-refractivity contribution < 1.29 is 19.1 Å². The molecule has 0 radical (unpaired) electrons. The zero-order valence-corrected chi connectivity index (χ0v) is 14.3. The summed E-state index contributed by atoms with van der Waals surface area (Å²) in [7, 11) is 1.30. The highest BCUT2D eigenvalue weighted by molar-refractivity contribution is 5.92. The molecule has 0 aliphatic carbocycles. The van der Waals surface area contributed by atoms with Gasteiger partial charge in [0.05, 0.1) is 13.7 Å². The zero-order chi connectivity index (χ0) is 18.1. The predicted molar refractivity (Wildman–Crippen MR) is 95.7 cm³/mol. The SMILES string of the molecule is CCOc1ccc(NC(=O)N[C@@H](Cc2ccccc2)C(=O)OC)cc1. The van der Waals surface area contributed by atoms with Crippen molar-refractivity contribution in [1.29, 1.82) is 0 Å². The van der Waals surface area contributed by atoms with Crippen LogP contribution in [0.25, 0.3) is 0 Å². The van der Waals surface area contributed by atoms with Crippen molar-refractivity contribution in [3.63, 3.8) is 0 Å². The Morgan fingerprint density at radius 1 is 1.04 bits per heavy atom. The minimum absolute atomic E-state index is 0.351. The van der Waals surface area contributed by atoms with Gasteiger partial charge in [-0.25, -0.2) is 9.59 Å². The summed E-state index contributed by atoms with van der Waals surface area (Å²) in [6.07, 6.45) is 0.351. The Kier molecular flexibility index (Phi) is 6.83. The number of carbonyl (C=O) groups is 2. The summed E-state index contributed by atoms with van der Waals surface area (Å²) in [6.45, 7) is 2.48. The molecule has 1 atom stereocenters. The number of hydrogen-bond acceptors (Lipinski definition) is 4. The van der Waals surface area contributed by atoms with Crippen molar-refractivity contribution >= 4 is 17.7 Å². The topological polar surface area (TPSA) is 76.7 Å². The first-order chi connectivity index (χ1) is 12.1. The van der Waals surface area contributed by atoms with Crippen LogP contribution >= 0.6 is 0 Å². The van der Waals surface area contributed by atoms with Crippen LogP contribution in [0.1, 0.15) is 12.5 Å². The van der Waals surface area contributed by atoms with Gasteiger partial charge < -0.3 is 20.1 Å². The molecule has 0 saturated heterocycles. The maximum Gasteiger partial charge on any atom is 0.328 e. The molecule has 0 aliphatic heterocycles. The van der Waals surface area contributed by atoms with Crippen molar-refractivity contribution in [1.82, 2.24) is 5.32 Å². The highest BCUT2D eigenvalue weighted by Gasteiger charge is 2.22. The molecule has 2 aromatic carbocycles. The van der Waals surface area contributed by atoms with E-state index < -0.39 is 18.0 Å². The van der Waals surface area contributed by atoms with E-state index in [-0.39, 0.29) is 0 Å². The van der Waals surface area contributed by atoms with Crippen molar-refractivity contribution in [2.24, 2.45) is 0 Å². The van der Waals surface area contributed by atoms with Gasteiger partial charge in [0.2, 0.25) is 0 Å². The molecular weight excluding hydrogens is 320 g/mol. The second-order valence-corrected chi connectivity index (χ2v) is 5.32. The molecule has 0 aliphatic rings. The highest BCUT2D eigenvalue weighted by atomic mass is 16.5. The lowest BCUT2D eigenvalue weighted by Crippen LogP contribution is -2.45. The van der Waals surface area contributed by atoms with Crippen molar-refractivity contribution in [3.05, 3.63) is 60.2 Å². The largest absolute Gasteiger partial charge is 0.494 e. The van der Waals surface area contributed by atoms with Crippen LogP contribution in [0.3, 0.4) is 0 Å². The number of esters is 1. The monoisotopic (exact) mass is 342 g/mol. The van der Waals surface area contributed by atoms with Crippen LogP contribution < -0.4 is 15.4 Å². The van der Waals surface area contributed by atoms with Gasteiger partial charge in [0, 0.05) is 12.1 Å². The summed E-state index contributed by atoms with van der Waals surface area (Å²) in [5.41, 5.74) is 1.53. The predicted octanol–water partition coefficient (Wildman–Crippen LogP) is 2.99. The van der Waals surface area contributed by atoms with E-state index in [9.17, 15) is 9.59 Å². The Labute approximate surface area is 147 Å². The van der Waals surface area contributed by atoms with E-state index in [2.05, 4.69) is 10.6 Å². The molecule has 132 valence electrons. The molecule has 25 heavy (non-hydrogen) atoms. The first kappa shape index (κ1) is 18.3. The number of carbonyl (C=O) groups excluding carboxylic acids is 2. The van der Waals surface area contributed by atoms with Gasteiger partial charge in [-0.1, -0.05) is 30.3 Å². The summed E-state index contributed by atoms with van der Waals surface area (Å²) in [6, 6.07) is 15.2. The Hall–Kier alpha value is -3.02. The molecule has 0 aromatic heterocycles. The van der Waals surface area contributed by atoms with Gasteiger partial charge in [-0.05, 0) is 36.8 Å². The molecule has 6 nitrogen and oxygen atoms in total. The van der Waals surface area contributed by atoms with Gasteiger partial charge in [-0.15, -0.1) is 0 Å². The normalized spacial score (nSPS) is 11.3. The van der Waals surface area contributed by atoms with Crippen molar-refractivity contribution in [2.45, 2.75) is 19.4 Å². The van der Waals surface area contributed by atoms with Gasteiger partial charge in [0.1, 0.15) is 11.8 Å². The summed E-state index contributed by atoms with van der Waals surface area (Å²) in [5, 5.41) is 5.34. The van der Waals surface area contributed by atoms with E-state index in [1.165, 1.54) is 7.11 Å². The zero-order valence-electron chi connectivity index (χ0n) is 14.3. The number of ether oxygens (including phenoxy) is 2. The van der Waals surface area contributed by atoms with Crippen LogP contribution in [-0.2, 0) is 16.0 Å². The quantitative estimate of drug-likeness (QED) is 0.759. The number of amides is 2. The number of nitrogens with one attached hydrogen (secondary N) is 2. The second-order valence-electron chi connectivity index (χ2n) is 5.32. The Balaban J connectivity index is 1.97. The Bertz CT molecular complexity index is 686. The second kappa shape index (κ2) is 9.32. The number of benzene rings is 2. The summed E-state index contributed by atoms with van der Waals surface area (Å²) in [4.78, 5) is 24.1. The molecule has 6 heteroatoms. The van der Waals surface area contributed by atoms with E-state index in [0.29, 0.717) is 18.7 Å². The van der Waals surface area contributed by atoms with Crippen LogP contribution in [0.5, 0.6) is 5.75 Å². The molecule has 2 N–H and O–H groups in total. The molecule has 2 aromatic rings. The van der Waals surface area contributed by atoms with E-state index in [1.54, 1.807) is 24.3 Å². The molecule has 0 unspecified atom stereocenters. The number of urea groups is 1. The maximum atomic E-state index is 12.2. The Morgan fingerprint density at radius 2 is 1.72 bits per heavy atom. The fraction of sp³-hybridized carbons (Fsp3) is 0.263. The van der Waals surface area contributed by atoms with Crippen LogP contribution in [-0.4, -0.2) is 31.8 Å². The first-order valence-electron chi connectivity index (χ1n) is 8.04. The molecule has 0 heterocycles. The van der Waals surface area contributed by atoms with E-state index in [1.807, 2.05) is 37.3 Å². The fourth-order valence-corrected chi connectivity index (χ4v) is 2.31. The molecule has 0 fully saturated rings. The van der Waals surface area contributed by atoms with Crippen molar-refractivity contribution in [2.75, 3.05) is 19.0 Å². The minimum atomic E-state index is -0.768. The molecule has 0 saturated carbocycles. The average Bonchev–Trinajstić information content (AvgIpc) is 2.63. The third kappa shape index (κ3) is 5.84. The summed E-state index contributed by atoms with van der Waals surface area (Å²) < 4.78 is 10.1. The van der Waals surface area contributed by atoms with E-state index in [0.717, 1.165) is 11.3 Å². The minimum Gasteiger partial charge on any atom is -0.494 e. The number of methoxy groups -OCH3 is 1. The molecular formula is C19H22N2O4. The Morgan fingerprint density at radius 3 is 2.32 bits per heavy atom. The maximum absolute atomic E-state index is 12.2. The van der Waals surface area contributed by atoms with Crippen molar-refractivity contribution in [3.8, 4) is 5.75 Å². The number of hydrogen-bond donors (Lipinski definition) is 2. The smallest absolute Gasteiger partial charge is 0.328 e. The lowest BCUT2D eigenvalue weighted by atomic mass is 10.1. The van der Waals surface area contributed by atoms with Gasteiger partial charge in [-0.3, -0.25) is 0 Å². The van der Waals surface area contributed by atoms with E-state index in [4.69, 9.17) is 9.47 Å². The standard InChI is InChI=1S/C19H22N2O4/c1-3-25-16-11-9-15(10-12-16)20-19(23)21-17(18(22)24-2)13-14-7-5-4-6-8-14/h4-12,17H,3,13H2,1-2H3,(H2,20,21,23)/t17-/m0/s1. The highest BCUT2D eigenvalue weighted by Crippen LogP contribution is 2.15. The molecule has 0 bridgehead atoms. The fourth-order valence-electron chi connectivity index (χ4n) is 2.31. The van der Waals surface area contributed by atoms with E-state index >= 15 is 0 Å². The summed E-state index contributed by atoms with van der Waals surface area (Å²) in [5.74, 6) is 0.232. The molecule has 2 amide bonds. The lowest BCUT2D eigenvalue weighted by Gasteiger charge is -2.17. The third-order valence-corrected chi connectivity index (χ3v) is 3.50. The van der Waals surface area contributed by atoms with Crippen LogP contribution in [0.2, 0.25) is 0 Å². The van der Waals surface area contributed by atoms with Gasteiger partial charge in [0.15, 0.2) is 0 Å². The van der Waals surface area contributed by atoms with Gasteiger partial charge >= 0.3 is 12.0 Å². The van der Waals surface area contributed by atoms with Gasteiger partial charge in [0.25, 0.3) is 0 Å².